The number of hydrogen-bond acceptors (Lipinski definition) is 7. The lowest BCUT2D eigenvalue weighted by molar-refractivity contribution is -0.139. The highest BCUT2D eigenvalue weighted by molar-refractivity contribution is 5.71. The standard InChI is InChI=1S/C29H31N3O6/c1-20-22(7-12-27(30-20)38-25-10-8-24(9-11-25)36-19-28(33)34)17-31-15-13-23(14-16-31)32-26(18-37-29(32)35)21-5-3-2-4-6-21/h2-12,23,26H,13-19H2,1H3,(H,33,34). The molecule has 0 aliphatic carbocycles. The zero-order valence-electron chi connectivity index (χ0n) is 21.3. The number of carboxylic acids is 1. The number of amides is 1. The molecule has 2 aromatic carbocycles. The van der Waals surface area contributed by atoms with Crippen LogP contribution in [0.5, 0.6) is 17.4 Å². The average molecular weight is 518 g/mol. The number of nitrogens with zero attached hydrogens (tertiary/aromatic N) is 3. The zero-order valence-corrected chi connectivity index (χ0v) is 21.3. The van der Waals surface area contributed by atoms with E-state index in [1.165, 1.54) is 0 Å². The third kappa shape index (κ3) is 6.06. The Morgan fingerprint density at radius 3 is 2.42 bits per heavy atom. The van der Waals surface area contributed by atoms with Crippen molar-refractivity contribution >= 4 is 12.1 Å². The second kappa shape index (κ2) is 11.5. The van der Waals surface area contributed by atoms with Crippen LogP contribution in [0.25, 0.3) is 0 Å². The maximum atomic E-state index is 12.6. The van der Waals surface area contributed by atoms with Gasteiger partial charge in [0, 0.05) is 37.4 Å². The van der Waals surface area contributed by atoms with Crippen LogP contribution in [0.1, 0.15) is 35.7 Å². The van der Waals surface area contributed by atoms with Gasteiger partial charge in [0.25, 0.3) is 0 Å². The molecular weight excluding hydrogens is 486 g/mol. The van der Waals surface area contributed by atoms with Gasteiger partial charge in [-0.3, -0.25) is 9.80 Å². The third-order valence-corrected chi connectivity index (χ3v) is 7.02. The molecule has 5 rings (SSSR count). The molecule has 0 spiro atoms. The van der Waals surface area contributed by atoms with Crippen LogP contribution in [0, 0.1) is 6.92 Å². The molecule has 3 aromatic rings. The third-order valence-electron chi connectivity index (χ3n) is 7.02. The summed E-state index contributed by atoms with van der Waals surface area (Å²) in [4.78, 5) is 32.1. The Kier molecular flexibility index (Phi) is 7.74. The fraction of sp³-hybridized carbons (Fsp3) is 0.345. The Labute approximate surface area is 221 Å². The zero-order chi connectivity index (χ0) is 26.5. The van der Waals surface area contributed by atoms with Gasteiger partial charge in [-0.1, -0.05) is 36.4 Å². The van der Waals surface area contributed by atoms with Gasteiger partial charge < -0.3 is 19.3 Å². The van der Waals surface area contributed by atoms with Crippen LogP contribution in [0.2, 0.25) is 0 Å². The molecule has 198 valence electrons. The van der Waals surface area contributed by atoms with Crippen molar-refractivity contribution in [3.05, 3.63) is 83.6 Å². The van der Waals surface area contributed by atoms with Crippen molar-refractivity contribution in [3.63, 3.8) is 0 Å². The summed E-state index contributed by atoms with van der Waals surface area (Å²) in [6.07, 6.45) is 1.59. The van der Waals surface area contributed by atoms with Crippen LogP contribution in [0.3, 0.4) is 0 Å². The van der Waals surface area contributed by atoms with E-state index in [0.717, 1.165) is 49.3 Å². The molecular formula is C29H31N3O6. The van der Waals surface area contributed by atoms with E-state index in [1.807, 2.05) is 42.2 Å². The maximum absolute atomic E-state index is 12.6. The van der Waals surface area contributed by atoms with Crippen molar-refractivity contribution in [1.82, 2.24) is 14.8 Å². The smallest absolute Gasteiger partial charge is 0.410 e. The molecule has 2 aliphatic rings. The minimum atomic E-state index is -1.03. The fourth-order valence-corrected chi connectivity index (χ4v) is 5.02. The molecule has 2 fully saturated rings. The number of cyclic esters (lactones) is 1. The lowest BCUT2D eigenvalue weighted by Gasteiger charge is -2.38. The number of benzene rings is 2. The first-order valence-electron chi connectivity index (χ1n) is 12.8. The van der Waals surface area contributed by atoms with Crippen LogP contribution in [0.15, 0.2) is 66.7 Å². The van der Waals surface area contributed by atoms with E-state index in [2.05, 4.69) is 22.0 Å². The summed E-state index contributed by atoms with van der Waals surface area (Å²) >= 11 is 0. The number of likely N-dealkylation sites (tertiary alicyclic amines) is 1. The number of carbonyl (C=O) groups is 2. The van der Waals surface area contributed by atoms with Crippen molar-refractivity contribution < 1.29 is 28.9 Å². The molecule has 38 heavy (non-hydrogen) atoms. The summed E-state index contributed by atoms with van der Waals surface area (Å²) in [5.41, 5.74) is 3.15. The topological polar surface area (TPSA) is 101 Å². The highest BCUT2D eigenvalue weighted by Crippen LogP contribution is 2.33. The number of piperidine rings is 1. The molecule has 0 bridgehead atoms. The summed E-state index contributed by atoms with van der Waals surface area (Å²) in [6, 6.07) is 20.9. The normalized spacial score (nSPS) is 18.3. The monoisotopic (exact) mass is 517 g/mol. The number of ether oxygens (including phenoxy) is 3. The lowest BCUT2D eigenvalue weighted by atomic mass is 9.98. The van der Waals surface area contributed by atoms with Gasteiger partial charge in [0.2, 0.25) is 5.88 Å². The molecule has 0 radical (unpaired) electrons. The molecule has 3 heterocycles. The molecule has 1 aromatic heterocycles. The Morgan fingerprint density at radius 1 is 1.03 bits per heavy atom. The van der Waals surface area contributed by atoms with Crippen LogP contribution in [0.4, 0.5) is 4.79 Å². The summed E-state index contributed by atoms with van der Waals surface area (Å²) in [6.45, 7) is 4.56. The first-order chi connectivity index (χ1) is 18.5. The van der Waals surface area contributed by atoms with E-state index < -0.39 is 5.97 Å². The highest BCUT2D eigenvalue weighted by Gasteiger charge is 2.40. The second-order valence-corrected chi connectivity index (χ2v) is 9.57. The van der Waals surface area contributed by atoms with Gasteiger partial charge in [-0.2, -0.15) is 0 Å². The Bertz CT molecular complexity index is 1260. The maximum Gasteiger partial charge on any atom is 0.410 e. The Hall–Kier alpha value is -4.11. The van der Waals surface area contributed by atoms with Gasteiger partial charge >= 0.3 is 12.1 Å². The van der Waals surface area contributed by atoms with Gasteiger partial charge in [-0.25, -0.2) is 14.6 Å². The highest BCUT2D eigenvalue weighted by atomic mass is 16.6. The summed E-state index contributed by atoms with van der Waals surface area (Å²) in [7, 11) is 0. The number of aromatic nitrogens is 1. The van der Waals surface area contributed by atoms with E-state index in [1.54, 1.807) is 24.3 Å². The number of carboxylic acid groups (broad SMARTS) is 1. The van der Waals surface area contributed by atoms with Crippen LogP contribution < -0.4 is 9.47 Å². The first kappa shape index (κ1) is 25.5. The minimum Gasteiger partial charge on any atom is -0.482 e. The average Bonchev–Trinajstić information content (AvgIpc) is 3.32. The van der Waals surface area contributed by atoms with Crippen molar-refractivity contribution in [2.75, 3.05) is 26.3 Å². The molecule has 2 aliphatic heterocycles. The molecule has 0 saturated carbocycles. The number of pyridine rings is 1. The van der Waals surface area contributed by atoms with E-state index in [9.17, 15) is 9.59 Å². The predicted molar refractivity (Wildman–Crippen MR) is 139 cm³/mol. The van der Waals surface area contributed by atoms with E-state index in [0.29, 0.717) is 24.0 Å². The molecule has 9 nitrogen and oxygen atoms in total. The van der Waals surface area contributed by atoms with Gasteiger partial charge in [-0.05, 0) is 55.2 Å². The number of aryl methyl sites for hydroxylation is 1. The largest absolute Gasteiger partial charge is 0.482 e. The molecule has 1 unspecified atom stereocenters. The summed E-state index contributed by atoms with van der Waals surface area (Å²) < 4.78 is 16.4. The van der Waals surface area contributed by atoms with Crippen molar-refractivity contribution in [2.24, 2.45) is 0 Å². The Morgan fingerprint density at radius 2 is 1.74 bits per heavy atom. The van der Waals surface area contributed by atoms with E-state index in [4.69, 9.17) is 19.3 Å². The van der Waals surface area contributed by atoms with Crippen LogP contribution in [-0.2, 0) is 16.1 Å². The fourth-order valence-electron chi connectivity index (χ4n) is 5.02. The van der Waals surface area contributed by atoms with Crippen molar-refractivity contribution in [1.29, 1.82) is 0 Å². The van der Waals surface area contributed by atoms with Gasteiger partial charge in [0.15, 0.2) is 6.61 Å². The number of aliphatic carboxylic acids is 1. The van der Waals surface area contributed by atoms with Gasteiger partial charge in [0.05, 0.1) is 6.04 Å². The van der Waals surface area contributed by atoms with Crippen LogP contribution in [-0.4, -0.2) is 64.3 Å². The van der Waals surface area contributed by atoms with Crippen molar-refractivity contribution in [2.45, 2.75) is 38.4 Å². The minimum absolute atomic E-state index is 0.0206. The van der Waals surface area contributed by atoms with E-state index in [-0.39, 0.29) is 24.8 Å². The number of rotatable bonds is 9. The number of carbonyl (C=O) groups excluding carboxylic acids is 1. The molecule has 1 atom stereocenters. The molecule has 2 saturated heterocycles. The quantitative estimate of drug-likeness (QED) is 0.432. The second-order valence-electron chi connectivity index (χ2n) is 9.57. The SMILES string of the molecule is Cc1nc(Oc2ccc(OCC(=O)O)cc2)ccc1CN1CCC(N2C(=O)OCC2c2ccccc2)CC1. The van der Waals surface area contributed by atoms with Crippen molar-refractivity contribution in [3.8, 4) is 17.4 Å². The summed E-state index contributed by atoms with van der Waals surface area (Å²) in [5, 5.41) is 8.71. The molecule has 1 amide bonds. The summed E-state index contributed by atoms with van der Waals surface area (Å²) in [5.74, 6) is 0.509. The number of hydrogen-bond donors (Lipinski definition) is 1. The lowest BCUT2D eigenvalue weighted by Crippen LogP contribution is -2.46. The predicted octanol–water partition coefficient (Wildman–Crippen LogP) is 4.80. The van der Waals surface area contributed by atoms with Gasteiger partial charge in [-0.15, -0.1) is 0 Å². The molecule has 1 N–H and O–H groups in total. The molecule has 9 heteroatoms. The van der Waals surface area contributed by atoms with Gasteiger partial charge in [0.1, 0.15) is 18.1 Å². The Balaban J connectivity index is 1.14. The van der Waals surface area contributed by atoms with E-state index >= 15 is 0 Å². The van der Waals surface area contributed by atoms with Crippen LogP contribution >= 0.6 is 0 Å². The first-order valence-corrected chi connectivity index (χ1v) is 12.8.